The fourth-order valence-corrected chi connectivity index (χ4v) is 2.74. The highest BCUT2D eigenvalue weighted by Gasteiger charge is 2.11. The number of nitriles is 1. The summed E-state index contributed by atoms with van der Waals surface area (Å²) < 4.78 is 19.1. The molecule has 0 saturated heterocycles. The summed E-state index contributed by atoms with van der Waals surface area (Å²) in [6, 6.07) is 21.5. The van der Waals surface area contributed by atoms with E-state index in [9.17, 15) is 19.2 Å². The molecule has 0 unspecified atom stereocenters. The topological polar surface area (TPSA) is 91.2 Å². The molecule has 0 radical (unpaired) electrons. The molecule has 2 amide bonds. The van der Waals surface area contributed by atoms with Gasteiger partial charge in [0.05, 0.1) is 5.69 Å². The zero-order chi connectivity index (χ0) is 22.9. The first-order chi connectivity index (χ1) is 15.4. The lowest BCUT2D eigenvalue weighted by Gasteiger charge is -2.09. The van der Waals surface area contributed by atoms with E-state index in [1.54, 1.807) is 42.5 Å². The van der Waals surface area contributed by atoms with Crippen molar-refractivity contribution in [2.45, 2.75) is 6.92 Å². The van der Waals surface area contributed by atoms with Gasteiger partial charge in [0.1, 0.15) is 23.2 Å². The molecule has 0 bridgehead atoms. The number of nitrogens with one attached hydrogen (secondary N) is 2. The van der Waals surface area contributed by atoms with Gasteiger partial charge in [0.2, 0.25) is 0 Å². The summed E-state index contributed by atoms with van der Waals surface area (Å²) in [6.45, 7) is 1.60. The van der Waals surface area contributed by atoms with Crippen molar-refractivity contribution in [2.75, 3.05) is 17.2 Å². The lowest BCUT2D eigenvalue weighted by Crippen LogP contribution is -2.20. The molecule has 6 nitrogen and oxygen atoms in total. The average Bonchev–Trinajstić information content (AvgIpc) is 2.79. The van der Waals surface area contributed by atoms with Crippen molar-refractivity contribution in [1.29, 1.82) is 5.26 Å². The summed E-state index contributed by atoms with van der Waals surface area (Å²) in [7, 11) is 0. The first-order valence-corrected chi connectivity index (χ1v) is 9.71. The predicted molar refractivity (Wildman–Crippen MR) is 120 cm³/mol. The summed E-state index contributed by atoms with van der Waals surface area (Å²) in [6.07, 6.45) is 1.43. The van der Waals surface area contributed by atoms with E-state index in [0.717, 1.165) is 5.56 Å². The van der Waals surface area contributed by atoms with Crippen LogP contribution in [0.3, 0.4) is 0 Å². The maximum absolute atomic E-state index is 13.6. The van der Waals surface area contributed by atoms with Gasteiger partial charge in [0.15, 0.2) is 6.61 Å². The molecule has 0 aliphatic heterocycles. The smallest absolute Gasteiger partial charge is 0.266 e. The number of rotatable bonds is 7. The highest BCUT2D eigenvalue weighted by molar-refractivity contribution is 6.09. The minimum atomic E-state index is -0.541. The van der Waals surface area contributed by atoms with E-state index in [4.69, 9.17) is 4.74 Å². The fraction of sp³-hybridized carbons (Fsp3) is 0.0800. The maximum Gasteiger partial charge on any atom is 0.266 e. The monoisotopic (exact) mass is 429 g/mol. The maximum atomic E-state index is 13.6. The Hall–Kier alpha value is -4.44. The largest absolute Gasteiger partial charge is 0.484 e. The third-order valence-electron chi connectivity index (χ3n) is 4.36. The number of aryl methyl sites for hydroxylation is 1. The zero-order valence-electron chi connectivity index (χ0n) is 17.3. The van der Waals surface area contributed by atoms with Crippen LogP contribution in [0.4, 0.5) is 15.8 Å². The van der Waals surface area contributed by atoms with Crippen molar-refractivity contribution in [3.05, 3.63) is 95.3 Å². The first kappa shape index (κ1) is 22.2. The second-order valence-electron chi connectivity index (χ2n) is 6.88. The van der Waals surface area contributed by atoms with Crippen LogP contribution in [-0.2, 0) is 9.59 Å². The van der Waals surface area contributed by atoms with Crippen LogP contribution in [0.5, 0.6) is 5.75 Å². The highest BCUT2D eigenvalue weighted by atomic mass is 19.1. The summed E-state index contributed by atoms with van der Waals surface area (Å²) in [5.41, 5.74) is 2.17. The van der Waals surface area contributed by atoms with Gasteiger partial charge in [-0.15, -0.1) is 0 Å². The fourth-order valence-electron chi connectivity index (χ4n) is 2.74. The molecule has 0 atom stereocenters. The molecule has 32 heavy (non-hydrogen) atoms. The second kappa shape index (κ2) is 10.5. The van der Waals surface area contributed by atoms with Gasteiger partial charge in [-0.2, -0.15) is 5.26 Å². The van der Waals surface area contributed by atoms with Crippen LogP contribution in [0, 0.1) is 24.1 Å². The first-order valence-electron chi connectivity index (χ1n) is 9.71. The van der Waals surface area contributed by atoms with Gasteiger partial charge in [0, 0.05) is 5.69 Å². The van der Waals surface area contributed by atoms with E-state index in [1.165, 1.54) is 24.3 Å². The van der Waals surface area contributed by atoms with Crippen molar-refractivity contribution in [2.24, 2.45) is 0 Å². The number of hydrogen-bond donors (Lipinski definition) is 2. The van der Waals surface area contributed by atoms with E-state index >= 15 is 0 Å². The normalized spacial score (nSPS) is 10.7. The lowest BCUT2D eigenvalue weighted by atomic mass is 10.1. The average molecular weight is 429 g/mol. The van der Waals surface area contributed by atoms with Crippen molar-refractivity contribution >= 4 is 29.3 Å². The van der Waals surface area contributed by atoms with Crippen LogP contribution in [-0.4, -0.2) is 18.4 Å². The summed E-state index contributed by atoms with van der Waals surface area (Å²) in [5.74, 6) is -1.24. The molecule has 2 N–H and O–H groups in total. The molecular formula is C25H20FN3O3. The summed E-state index contributed by atoms with van der Waals surface area (Å²) in [5, 5.41) is 14.5. The standard InChI is InChI=1S/C25H20FN3O3/c1-17-9-11-20(12-10-17)28-25(31)19(15-27)13-18-5-4-6-21(14-18)32-16-24(30)29-23-8-3-2-7-22(23)26/h2-14H,16H2,1H3,(H,28,31)(H,29,30). The Kier molecular flexibility index (Phi) is 7.33. The Bertz CT molecular complexity index is 1200. The molecule has 7 heteroatoms. The Balaban J connectivity index is 1.63. The van der Waals surface area contributed by atoms with Gasteiger partial charge in [-0.25, -0.2) is 4.39 Å². The van der Waals surface area contributed by atoms with Crippen molar-refractivity contribution in [3.63, 3.8) is 0 Å². The second-order valence-corrected chi connectivity index (χ2v) is 6.88. The number of anilines is 2. The molecule has 3 rings (SSSR count). The minimum absolute atomic E-state index is 0.0658. The third kappa shape index (κ3) is 6.28. The van der Waals surface area contributed by atoms with Gasteiger partial charge < -0.3 is 15.4 Å². The number of carbonyl (C=O) groups excluding carboxylic acids is 2. The van der Waals surface area contributed by atoms with Crippen molar-refractivity contribution < 1.29 is 18.7 Å². The lowest BCUT2D eigenvalue weighted by molar-refractivity contribution is -0.118. The third-order valence-corrected chi connectivity index (χ3v) is 4.36. The van der Waals surface area contributed by atoms with Gasteiger partial charge in [0.25, 0.3) is 11.8 Å². The number of hydrogen-bond acceptors (Lipinski definition) is 4. The van der Waals surface area contributed by atoms with Gasteiger partial charge in [-0.3, -0.25) is 9.59 Å². The Morgan fingerprint density at radius 2 is 1.78 bits per heavy atom. The van der Waals surface area contributed by atoms with Crippen LogP contribution in [0.1, 0.15) is 11.1 Å². The van der Waals surface area contributed by atoms with Crippen LogP contribution in [0.15, 0.2) is 78.4 Å². The van der Waals surface area contributed by atoms with Gasteiger partial charge >= 0.3 is 0 Å². The number of amides is 2. The van der Waals surface area contributed by atoms with Gasteiger partial charge in [-0.05, 0) is 55.0 Å². The molecule has 160 valence electrons. The molecule has 0 spiro atoms. The molecule has 3 aromatic carbocycles. The predicted octanol–water partition coefficient (Wildman–Crippen LogP) is 4.70. The minimum Gasteiger partial charge on any atom is -0.484 e. The van der Waals surface area contributed by atoms with E-state index < -0.39 is 17.6 Å². The Morgan fingerprint density at radius 3 is 2.50 bits per heavy atom. The molecule has 3 aromatic rings. The van der Waals surface area contributed by atoms with Crippen molar-refractivity contribution in [3.8, 4) is 11.8 Å². The Labute approximate surface area is 185 Å². The number of halogens is 1. The SMILES string of the molecule is Cc1ccc(NC(=O)C(C#N)=Cc2cccc(OCC(=O)Nc3ccccc3F)c2)cc1. The van der Waals surface area contributed by atoms with E-state index in [2.05, 4.69) is 10.6 Å². The van der Waals surface area contributed by atoms with Crippen LogP contribution >= 0.6 is 0 Å². The quantitative estimate of drug-likeness (QED) is 0.421. The van der Waals surface area contributed by atoms with E-state index in [1.807, 2.05) is 25.1 Å². The molecular weight excluding hydrogens is 409 g/mol. The number of nitrogens with zero attached hydrogens (tertiary/aromatic N) is 1. The van der Waals surface area contributed by atoms with E-state index in [-0.39, 0.29) is 17.9 Å². The number of benzene rings is 3. The molecule has 0 aliphatic carbocycles. The highest BCUT2D eigenvalue weighted by Crippen LogP contribution is 2.18. The molecule has 0 heterocycles. The van der Waals surface area contributed by atoms with E-state index in [0.29, 0.717) is 17.0 Å². The van der Waals surface area contributed by atoms with Gasteiger partial charge in [-0.1, -0.05) is 42.0 Å². The van der Waals surface area contributed by atoms with Crippen LogP contribution in [0.2, 0.25) is 0 Å². The molecule has 0 fully saturated rings. The van der Waals surface area contributed by atoms with Crippen LogP contribution < -0.4 is 15.4 Å². The number of ether oxygens (including phenoxy) is 1. The molecule has 0 aromatic heterocycles. The summed E-state index contributed by atoms with van der Waals surface area (Å²) in [4.78, 5) is 24.4. The van der Waals surface area contributed by atoms with Crippen molar-refractivity contribution in [1.82, 2.24) is 0 Å². The number of carbonyl (C=O) groups is 2. The summed E-state index contributed by atoms with van der Waals surface area (Å²) >= 11 is 0. The number of para-hydroxylation sites is 1. The zero-order valence-corrected chi connectivity index (χ0v) is 17.3. The Morgan fingerprint density at radius 1 is 1.03 bits per heavy atom. The molecule has 0 saturated carbocycles. The van der Waals surface area contributed by atoms with Crippen LogP contribution in [0.25, 0.3) is 6.08 Å². The molecule has 0 aliphatic rings.